The fourth-order valence-corrected chi connectivity index (χ4v) is 6.28. The number of hydrogen-bond acceptors (Lipinski definition) is 5. The van der Waals surface area contributed by atoms with Crippen LogP contribution in [-0.4, -0.2) is 43.4 Å². The van der Waals surface area contributed by atoms with Crippen molar-refractivity contribution in [2.24, 2.45) is 10.9 Å². The van der Waals surface area contributed by atoms with Crippen LogP contribution in [0.3, 0.4) is 0 Å². The van der Waals surface area contributed by atoms with Crippen LogP contribution in [0.15, 0.2) is 58.4 Å². The molecule has 1 saturated heterocycles. The van der Waals surface area contributed by atoms with Crippen molar-refractivity contribution in [2.45, 2.75) is 24.3 Å². The van der Waals surface area contributed by atoms with Crippen molar-refractivity contribution in [2.75, 3.05) is 20.2 Å². The molecule has 0 N–H and O–H groups in total. The van der Waals surface area contributed by atoms with Crippen LogP contribution in [0, 0.1) is 18.3 Å². The molecule has 2 heterocycles. The standard InChI is InChI=1S/C23H23N3O4S2/c1-3-14-26-20-6-4-5-7-21(20)31-23(26)24-22(27)17-12-15-25(16-13-17)32(28,29)19-10-8-18(30-2)9-11-19/h1,4-11,17H,12-16H2,2H3. The summed E-state index contributed by atoms with van der Waals surface area (Å²) in [5.74, 6) is 2.66. The molecule has 9 heteroatoms. The number of terminal acetylenes is 1. The van der Waals surface area contributed by atoms with E-state index in [-0.39, 0.29) is 29.8 Å². The van der Waals surface area contributed by atoms with Crippen molar-refractivity contribution < 1.29 is 17.9 Å². The highest BCUT2D eigenvalue weighted by Gasteiger charge is 2.32. The summed E-state index contributed by atoms with van der Waals surface area (Å²) < 4.78 is 35.2. The van der Waals surface area contributed by atoms with Gasteiger partial charge in [0.05, 0.1) is 28.8 Å². The first kappa shape index (κ1) is 22.3. The fourth-order valence-electron chi connectivity index (χ4n) is 3.78. The van der Waals surface area contributed by atoms with E-state index < -0.39 is 10.0 Å². The van der Waals surface area contributed by atoms with Crippen molar-refractivity contribution in [3.63, 3.8) is 0 Å². The lowest BCUT2D eigenvalue weighted by Crippen LogP contribution is -2.40. The number of nitrogens with zero attached hydrogens (tertiary/aromatic N) is 3. The molecule has 32 heavy (non-hydrogen) atoms. The molecule has 4 rings (SSSR count). The van der Waals surface area contributed by atoms with Crippen LogP contribution in [0.5, 0.6) is 5.75 Å². The Morgan fingerprint density at radius 1 is 1.19 bits per heavy atom. The highest BCUT2D eigenvalue weighted by Crippen LogP contribution is 2.26. The molecule has 1 aliphatic heterocycles. The van der Waals surface area contributed by atoms with Crippen LogP contribution >= 0.6 is 11.3 Å². The fraction of sp³-hybridized carbons (Fsp3) is 0.304. The third-order valence-corrected chi connectivity index (χ3v) is 8.52. The first-order valence-corrected chi connectivity index (χ1v) is 12.4. The van der Waals surface area contributed by atoms with E-state index in [2.05, 4.69) is 10.9 Å². The highest BCUT2D eigenvalue weighted by atomic mass is 32.2. The number of amides is 1. The van der Waals surface area contributed by atoms with Crippen molar-refractivity contribution in [3.8, 4) is 18.1 Å². The summed E-state index contributed by atoms with van der Waals surface area (Å²) in [6, 6.07) is 14.1. The third kappa shape index (κ3) is 4.35. The minimum atomic E-state index is -3.61. The van der Waals surface area contributed by atoms with Crippen LogP contribution in [-0.2, 0) is 21.4 Å². The second-order valence-electron chi connectivity index (χ2n) is 7.45. The van der Waals surface area contributed by atoms with E-state index in [9.17, 15) is 13.2 Å². The summed E-state index contributed by atoms with van der Waals surface area (Å²) in [6.07, 6.45) is 6.37. The maximum atomic E-state index is 12.9. The average Bonchev–Trinajstić information content (AvgIpc) is 3.16. The van der Waals surface area contributed by atoms with Crippen LogP contribution in [0.1, 0.15) is 12.8 Å². The van der Waals surface area contributed by atoms with E-state index in [0.717, 1.165) is 10.2 Å². The summed E-state index contributed by atoms with van der Waals surface area (Å²) in [4.78, 5) is 18.0. The van der Waals surface area contributed by atoms with Crippen LogP contribution < -0.4 is 9.54 Å². The molecule has 7 nitrogen and oxygen atoms in total. The SMILES string of the molecule is C#CCn1c(=NC(=O)C2CCN(S(=O)(=O)c3ccc(OC)cc3)CC2)sc2ccccc21. The van der Waals surface area contributed by atoms with Gasteiger partial charge >= 0.3 is 0 Å². The maximum Gasteiger partial charge on any atom is 0.251 e. The zero-order valence-electron chi connectivity index (χ0n) is 17.6. The average molecular weight is 470 g/mol. The van der Waals surface area contributed by atoms with Gasteiger partial charge in [-0.15, -0.1) is 6.42 Å². The van der Waals surface area contributed by atoms with Gasteiger partial charge in [-0.2, -0.15) is 9.30 Å². The molecule has 3 aromatic rings. The first-order chi connectivity index (χ1) is 15.4. The summed E-state index contributed by atoms with van der Waals surface area (Å²) in [6.45, 7) is 0.878. The van der Waals surface area contributed by atoms with Crippen LogP contribution in [0.4, 0.5) is 0 Å². The molecule has 0 spiro atoms. The molecular formula is C23H23N3O4S2. The summed E-state index contributed by atoms with van der Waals surface area (Å²) in [5, 5.41) is 0. The van der Waals surface area contributed by atoms with Gasteiger partial charge in [-0.05, 0) is 49.2 Å². The Labute approximate surface area is 191 Å². The molecule has 166 valence electrons. The van der Waals surface area contributed by atoms with E-state index in [0.29, 0.717) is 29.9 Å². The minimum Gasteiger partial charge on any atom is -0.497 e. The van der Waals surface area contributed by atoms with Gasteiger partial charge in [0, 0.05) is 19.0 Å². The molecular weight excluding hydrogens is 446 g/mol. The molecule has 1 fully saturated rings. The van der Waals surface area contributed by atoms with Gasteiger partial charge in [-0.1, -0.05) is 29.4 Å². The van der Waals surface area contributed by atoms with Gasteiger partial charge in [0.1, 0.15) is 5.75 Å². The Kier molecular flexibility index (Phi) is 6.46. The maximum absolute atomic E-state index is 12.9. The number of hydrogen-bond donors (Lipinski definition) is 0. The Balaban J connectivity index is 1.50. The monoisotopic (exact) mass is 469 g/mol. The molecule has 0 bridgehead atoms. The smallest absolute Gasteiger partial charge is 0.251 e. The molecule has 1 aliphatic rings. The van der Waals surface area contributed by atoms with Crippen molar-refractivity contribution in [1.29, 1.82) is 0 Å². The lowest BCUT2D eigenvalue weighted by atomic mass is 9.98. The number of fused-ring (bicyclic) bond motifs is 1. The number of carbonyl (C=O) groups excluding carboxylic acids is 1. The number of sulfonamides is 1. The van der Waals surface area contributed by atoms with Crippen LogP contribution in [0.2, 0.25) is 0 Å². The Bertz CT molecular complexity index is 1340. The lowest BCUT2D eigenvalue weighted by Gasteiger charge is -2.29. The predicted molar refractivity (Wildman–Crippen MR) is 124 cm³/mol. The number of carbonyl (C=O) groups is 1. The minimum absolute atomic E-state index is 0.216. The van der Waals surface area contributed by atoms with Gasteiger partial charge < -0.3 is 9.30 Å². The molecule has 0 aliphatic carbocycles. The van der Waals surface area contributed by atoms with E-state index >= 15 is 0 Å². The number of methoxy groups -OCH3 is 1. The van der Waals surface area contributed by atoms with Gasteiger partial charge in [-0.25, -0.2) is 8.42 Å². The van der Waals surface area contributed by atoms with E-state index in [4.69, 9.17) is 11.2 Å². The Hall–Kier alpha value is -2.93. The second-order valence-corrected chi connectivity index (χ2v) is 10.4. The zero-order valence-corrected chi connectivity index (χ0v) is 19.2. The van der Waals surface area contributed by atoms with Gasteiger partial charge in [0.2, 0.25) is 10.0 Å². The number of piperidine rings is 1. The van der Waals surface area contributed by atoms with E-state index in [1.807, 2.05) is 28.8 Å². The predicted octanol–water partition coefficient (Wildman–Crippen LogP) is 2.87. The van der Waals surface area contributed by atoms with E-state index in [1.54, 1.807) is 12.1 Å². The van der Waals surface area contributed by atoms with Crippen LogP contribution in [0.25, 0.3) is 10.2 Å². The molecule has 0 unspecified atom stereocenters. The normalized spacial score (nSPS) is 16.2. The number of rotatable bonds is 5. The molecule has 0 radical (unpaired) electrons. The van der Waals surface area contributed by atoms with E-state index in [1.165, 1.54) is 34.9 Å². The third-order valence-electron chi connectivity index (χ3n) is 5.54. The van der Waals surface area contributed by atoms with Crippen molar-refractivity contribution >= 4 is 37.5 Å². The molecule has 0 saturated carbocycles. The van der Waals surface area contributed by atoms with Gasteiger partial charge in [0.25, 0.3) is 5.91 Å². The number of thiazole rings is 1. The Morgan fingerprint density at radius 3 is 2.53 bits per heavy atom. The number of aromatic nitrogens is 1. The molecule has 1 amide bonds. The van der Waals surface area contributed by atoms with Crippen molar-refractivity contribution in [1.82, 2.24) is 8.87 Å². The summed E-state index contributed by atoms with van der Waals surface area (Å²) >= 11 is 1.42. The Morgan fingerprint density at radius 2 is 1.88 bits per heavy atom. The van der Waals surface area contributed by atoms with Gasteiger partial charge in [0.15, 0.2) is 4.80 Å². The van der Waals surface area contributed by atoms with Gasteiger partial charge in [-0.3, -0.25) is 4.79 Å². The first-order valence-electron chi connectivity index (χ1n) is 10.2. The number of ether oxygens (including phenoxy) is 1. The van der Waals surface area contributed by atoms with Crippen molar-refractivity contribution in [3.05, 3.63) is 53.3 Å². The molecule has 2 aromatic carbocycles. The lowest BCUT2D eigenvalue weighted by molar-refractivity contribution is -0.122. The summed E-state index contributed by atoms with van der Waals surface area (Å²) in [7, 11) is -2.08. The summed E-state index contributed by atoms with van der Waals surface area (Å²) in [5.41, 5.74) is 0.947. The topological polar surface area (TPSA) is 81.0 Å². The number of para-hydroxylation sites is 1. The highest BCUT2D eigenvalue weighted by molar-refractivity contribution is 7.89. The quantitative estimate of drug-likeness (QED) is 0.538. The largest absolute Gasteiger partial charge is 0.497 e. The zero-order chi connectivity index (χ0) is 22.7. The second kappa shape index (κ2) is 9.28. The molecule has 1 aromatic heterocycles. The number of benzene rings is 2. The molecule has 0 atom stereocenters.